The van der Waals surface area contributed by atoms with E-state index in [1.165, 1.54) is 15.6 Å². The van der Waals surface area contributed by atoms with E-state index in [1.54, 1.807) is 18.7 Å². The summed E-state index contributed by atoms with van der Waals surface area (Å²) in [6, 6.07) is 5.52. The third kappa shape index (κ3) is 4.87. The quantitative estimate of drug-likeness (QED) is 0.672. The summed E-state index contributed by atoms with van der Waals surface area (Å²) in [4.78, 5) is 19.1. The first-order chi connectivity index (χ1) is 13.6. The zero-order valence-electron chi connectivity index (χ0n) is 17.1. The number of aromatic nitrogens is 1. The molecule has 0 atom stereocenters. The van der Waals surface area contributed by atoms with Crippen LogP contribution in [-0.2, 0) is 10.0 Å². The molecule has 1 saturated heterocycles. The van der Waals surface area contributed by atoms with Crippen LogP contribution in [0.5, 0.6) is 0 Å². The average Bonchev–Trinajstić information content (AvgIpc) is 3.01. The van der Waals surface area contributed by atoms with Gasteiger partial charge in [-0.2, -0.15) is 0 Å². The Bertz CT molecular complexity index is 980. The number of thiol groups is 1. The molecule has 0 bridgehead atoms. The topological polar surface area (TPSA) is 82.6 Å². The van der Waals surface area contributed by atoms with Crippen LogP contribution in [0.2, 0.25) is 0 Å². The number of nitrogens with zero attached hydrogens (tertiary/aromatic N) is 3. The monoisotopic (exact) mass is 456 g/mol. The van der Waals surface area contributed by atoms with Gasteiger partial charge < -0.3 is 5.32 Å². The molecular formula is C19H28N4O3S3. The van der Waals surface area contributed by atoms with Gasteiger partial charge in [0.15, 0.2) is 0 Å². The third-order valence-corrected chi connectivity index (χ3v) is 8.58. The van der Waals surface area contributed by atoms with Crippen LogP contribution in [0.3, 0.4) is 0 Å². The Kier molecular flexibility index (Phi) is 6.77. The Hall–Kier alpha value is -1.36. The van der Waals surface area contributed by atoms with Crippen molar-refractivity contribution in [3.05, 3.63) is 18.2 Å². The Morgan fingerprint density at radius 2 is 1.93 bits per heavy atom. The van der Waals surface area contributed by atoms with Gasteiger partial charge in [-0.3, -0.25) is 4.90 Å². The van der Waals surface area contributed by atoms with Crippen LogP contribution in [0.25, 0.3) is 10.2 Å². The number of carbonyl (C=O) groups is 1. The van der Waals surface area contributed by atoms with E-state index in [2.05, 4.69) is 22.9 Å². The van der Waals surface area contributed by atoms with E-state index in [0.717, 1.165) is 15.9 Å². The molecule has 2 aromatic rings. The van der Waals surface area contributed by atoms with Crippen molar-refractivity contribution >= 4 is 55.9 Å². The first-order valence-corrected chi connectivity index (χ1v) is 12.5. The van der Waals surface area contributed by atoms with E-state index in [4.69, 9.17) is 0 Å². The Balaban J connectivity index is 1.69. The molecule has 3 rings (SSSR count). The number of amides is 2. The second-order valence-electron chi connectivity index (χ2n) is 7.83. The molecule has 0 saturated carbocycles. The molecule has 1 aromatic carbocycles. The molecule has 10 heteroatoms. The standard InChI is InChI=1S/C19H28N4O3S3/c1-12(2)23(15-5-6-16-17(11-15)28-19(27)21-16)18(24)20-14-7-9-22(10-8-14)29(25,26)13(3)4/h5-6,11-14H,7-10H2,1-4H3,(H,20,24)(H,21,27). The van der Waals surface area contributed by atoms with E-state index in [9.17, 15) is 13.2 Å². The Morgan fingerprint density at radius 3 is 2.52 bits per heavy atom. The molecule has 160 valence electrons. The fraction of sp³-hybridized carbons (Fsp3) is 0.579. The second-order valence-corrected chi connectivity index (χ2v) is 12.1. The van der Waals surface area contributed by atoms with Crippen molar-refractivity contribution in [1.29, 1.82) is 0 Å². The van der Waals surface area contributed by atoms with Crippen molar-refractivity contribution in [3.8, 4) is 0 Å². The number of anilines is 1. The van der Waals surface area contributed by atoms with Gasteiger partial charge in [0.1, 0.15) is 4.34 Å². The lowest BCUT2D eigenvalue weighted by Gasteiger charge is -2.35. The average molecular weight is 457 g/mol. The van der Waals surface area contributed by atoms with Gasteiger partial charge in [0.05, 0.1) is 15.5 Å². The lowest BCUT2D eigenvalue weighted by molar-refractivity contribution is 0.231. The largest absolute Gasteiger partial charge is 0.335 e. The van der Waals surface area contributed by atoms with Gasteiger partial charge in [0, 0.05) is 30.9 Å². The second kappa shape index (κ2) is 8.79. The number of thiazole rings is 1. The summed E-state index contributed by atoms with van der Waals surface area (Å²) in [5.41, 5.74) is 1.67. The first-order valence-electron chi connectivity index (χ1n) is 9.78. The van der Waals surface area contributed by atoms with Crippen LogP contribution < -0.4 is 10.2 Å². The summed E-state index contributed by atoms with van der Waals surface area (Å²) >= 11 is 5.79. The van der Waals surface area contributed by atoms with E-state index < -0.39 is 15.3 Å². The first kappa shape index (κ1) is 22.3. The minimum absolute atomic E-state index is 0.0303. The smallest absolute Gasteiger partial charge is 0.322 e. The zero-order valence-corrected chi connectivity index (χ0v) is 19.7. The number of rotatable bonds is 5. The molecular weight excluding hydrogens is 428 g/mol. The molecule has 1 aliphatic rings. The summed E-state index contributed by atoms with van der Waals surface area (Å²) in [7, 11) is -3.24. The Labute approximate surface area is 181 Å². The summed E-state index contributed by atoms with van der Waals surface area (Å²) in [6.07, 6.45) is 1.22. The van der Waals surface area contributed by atoms with Crippen molar-refractivity contribution in [2.75, 3.05) is 18.0 Å². The van der Waals surface area contributed by atoms with Gasteiger partial charge in [-0.15, -0.1) is 24.0 Å². The van der Waals surface area contributed by atoms with E-state index in [1.807, 2.05) is 32.0 Å². The van der Waals surface area contributed by atoms with Crippen molar-refractivity contribution in [2.45, 2.75) is 62.2 Å². The summed E-state index contributed by atoms with van der Waals surface area (Å²) < 4.78 is 27.9. The normalized spacial score (nSPS) is 16.7. The summed E-state index contributed by atoms with van der Waals surface area (Å²) in [6.45, 7) is 8.20. The van der Waals surface area contributed by atoms with Crippen LogP contribution >= 0.6 is 24.0 Å². The summed E-state index contributed by atoms with van der Waals surface area (Å²) in [5, 5.41) is 2.67. The highest BCUT2D eigenvalue weighted by Crippen LogP contribution is 2.29. The fourth-order valence-electron chi connectivity index (χ4n) is 3.50. The number of urea groups is 1. The van der Waals surface area contributed by atoms with Gasteiger partial charge in [-0.05, 0) is 58.7 Å². The number of fused-ring (bicyclic) bond motifs is 1. The van der Waals surface area contributed by atoms with Gasteiger partial charge in [-0.1, -0.05) is 0 Å². The zero-order chi connectivity index (χ0) is 21.3. The molecule has 1 fully saturated rings. The summed E-state index contributed by atoms with van der Waals surface area (Å²) in [5.74, 6) is 0. The molecule has 0 spiro atoms. The van der Waals surface area contributed by atoms with Crippen LogP contribution in [0.15, 0.2) is 22.5 Å². The van der Waals surface area contributed by atoms with Crippen molar-refractivity contribution < 1.29 is 13.2 Å². The SMILES string of the molecule is CC(C)N(C(=O)NC1CCN(S(=O)(=O)C(C)C)CC1)c1ccc2nc(S)sc2c1. The molecule has 0 unspecified atom stereocenters. The van der Waals surface area contributed by atoms with Crippen molar-refractivity contribution in [3.63, 3.8) is 0 Å². The van der Waals surface area contributed by atoms with E-state index in [-0.39, 0.29) is 18.1 Å². The van der Waals surface area contributed by atoms with Crippen molar-refractivity contribution in [1.82, 2.24) is 14.6 Å². The number of carbonyl (C=O) groups excluding carboxylic acids is 1. The lowest BCUT2D eigenvalue weighted by atomic mass is 10.1. The maximum Gasteiger partial charge on any atom is 0.322 e. The number of nitrogens with one attached hydrogen (secondary N) is 1. The molecule has 0 aliphatic carbocycles. The highest BCUT2D eigenvalue weighted by atomic mass is 32.2. The number of benzene rings is 1. The maximum atomic E-state index is 13.0. The molecule has 7 nitrogen and oxygen atoms in total. The minimum Gasteiger partial charge on any atom is -0.335 e. The van der Waals surface area contributed by atoms with Gasteiger partial charge in [0.2, 0.25) is 10.0 Å². The van der Waals surface area contributed by atoms with Gasteiger partial charge >= 0.3 is 6.03 Å². The molecule has 1 N–H and O–H groups in total. The van der Waals surface area contributed by atoms with Crippen LogP contribution in [0.4, 0.5) is 10.5 Å². The highest BCUT2D eigenvalue weighted by Gasteiger charge is 2.31. The van der Waals surface area contributed by atoms with Gasteiger partial charge in [0.25, 0.3) is 0 Å². The van der Waals surface area contributed by atoms with Crippen LogP contribution in [0, 0.1) is 0 Å². The number of sulfonamides is 1. The van der Waals surface area contributed by atoms with Crippen molar-refractivity contribution in [2.24, 2.45) is 0 Å². The molecule has 2 heterocycles. The Morgan fingerprint density at radius 1 is 1.28 bits per heavy atom. The molecule has 0 radical (unpaired) electrons. The number of piperidine rings is 1. The lowest BCUT2D eigenvalue weighted by Crippen LogP contribution is -2.52. The van der Waals surface area contributed by atoms with E-state index >= 15 is 0 Å². The minimum atomic E-state index is -3.24. The van der Waals surface area contributed by atoms with Crippen LogP contribution in [0.1, 0.15) is 40.5 Å². The fourth-order valence-corrected chi connectivity index (χ4v) is 5.96. The number of hydrogen-bond donors (Lipinski definition) is 2. The number of hydrogen-bond acceptors (Lipinski definition) is 6. The molecule has 1 aromatic heterocycles. The highest BCUT2D eigenvalue weighted by molar-refractivity contribution is 7.89. The predicted molar refractivity (Wildman–Crippen MR) is 122 cm³/mol. The maximum absolute atomic E-state index is 13.0. The molecule has 29 heavy (non-hydrogen) atoms. The van der Waals surface area contributed by atoms with Gasteiger partial charge in [-0.25, -0.2) is 22.5 Å². The van der Waals surface area contributed by atoms with Crippen LogP contribution in [-0.4, -0.2) is 54.2 Å². The predicted octanol–water partition coefficient (Wildman–Crippen LogP) is 3.71. The molecule has 1 aliphatic heterocycles. The third-order valence-electron chi connectivity index (χ3n) is 5.11. The van der Waals surface area contributed by atoms with E-state index in [0.29, 0.717) is 30.3 Å². The molecule has 2 amide bonds.